The van der Waals surface area contributed by atoms with Crippen molar-refractivity contribution in [1.82, 2.24) is 0 Å². The lowest BCUT2D eigenvalue weighted by atomic mass is 9.60. The first-order chi connectivity index (χ1) is 12.0. The minimum Gasteiger partial charge on any atom is -0.368 e. The van der Waals surface area contributed by atoms with Crippen LogP contribution in [-0.4, -0.2) is 18.0 Å². The number of primary amides is 1. The van der Waals surface area contributed by atoms with Gasteiger partial charge in [0.2, 0.25) is 5.91 Å². The van der Waals surface area contributed by atoms with Crippen molar-refractivity contribution in [2.75, 3.05) is 11.4 Å². The molecule has 1 fully saturated rings. The van der Waals surface area contributed by atoms with Crippen LogP contribution in [0.1, 0.15) is 30.0 Å². The monoisotopic (exact) mass is 355 g/mol. The third-order valence-corrected chi connectivity index (χ3v) is 6.15. The minimum atomic E-state index is -0.714. The van der Waals surface area contributed by atoms with E-state index in [1.807, 2.05) is 36.4 Å². The molecule has 0 spiro atoms. The van der Waals surface area contributed by atoms with Crippen LogP contribution in [-0.2, 0) is 11.2 Å². The van der Waals surface area contributed by atoms with Gasteiger partial charge in [0.15, 0.2) is 0 Å². The van der Waals surface area contributed by atoms with Gasteiger partial charge in [-0.15, -0.1) is 0 Å². The average molecular weight is 356 g/mol. The fourth-order valence-electron chi connectivity index (χ4n) is 4.53. The van der Waals surface area contributed by atoms with E-state index in [9.17, 15) is 4.79 Å². The second-order valence-corrected chi connectivity index (χ2v) is 7.48. The van der Waals surface area contributed by atoms with E-state index in [0.717, 1.165) is 37.1 Å². The summed E-state index contributed by atoms with van der Waals surface area (Å²) in [6, 6.07) is 15.6. The lowest BCUT2D eigenvalue weighted by molar-refractivity contribution is -0.130. The van der Waals surface area contributed by atoms with Gasteiger partial charge in [-0.05, 0) is 48.6 Å². The highest BCUT2D eigenvalue weighted by Crippen LogP contribution is 2.52. The van der Waals surface area contributed by atoms with Gasteiger partial charge in [-0.25, -0.2) is 0 Å². The maximum atomic E-state index is 12.6. The number of hydrogen-bond donors (Lipinski definition) is 2. The quantitative estimate of drug-likeness (QED) is 0.885. The third kappa shape index (κ3) is 2.43. The van der Waals surface area contributed by atoms with Crippen molar-refractivity contribution in [1.29, 1.82) is 0 Å². The number of amides is 1. The van der Waals surface area contributed by atoms with E-state index in [0.29, 0.717) is 5.02 Å². The molecule has 1 aliphatic carbocycles. The molecule has 130 valence electrons. The molecule has 0 saturated heterocycles. The highest BCUT2D eigenvalue weighted by Gasteiger charge is 2.58. The van der Waals surface area contributed by atoms with E-state index in [2.05, 4.69) is 17.0 Å². The van der Waals surface area contributed by atoms with Crippen molar-refractivity contribution < 1.29 is 4.79 Å². The predicted molar refractivity (Wildman–Crippen MR) is 101 cm³/mol. The van der Waals surface area contributed by atoms with Crippen molar-refractivity contribution in [3.63, 3.8) is 0 Å². The van der Waals surface area contributed by atoms with Crippen molar-refractivity contribution >= 4 is 23.2 Å². The summed E-state index contributed by atoms with van der Waals surface area (Å²) in [5.41, 5.74) is 15.1. The normalized spacial score (nSPS) is 26.0. The molecule has 2 aliphatic rings. The Bertz CT molecular complexity index is 824. The zero-order valence-corrected chi connectivity index (χ0v) is 14.7. The van der Waals surface area contributed by atoms with Crippen LogP contribution in [0, 0.1) is 5.92 Å². The number of halogens is 1. The van der Waals surface area contributed by atoms with Crippen LogP contribution < -0.4 is 16.4 Å². The lowest BCUT2D eigenvalue weighted by Crippen LogP contribution is -2.69. The summed E-state index contributed by atoms with van der Waals surface area (Å²) < 4.78 is 0. The van der Waals surface area contributed by atoms with E-state index < -0.39 is 5.54 Å². The molecule has 1 aliphatic heterocycles. The van der Waals surface area contributed by atoms with E-state index in [4.69, 9.17) is 23.1 Å². The van der Waals surface area contributed by atoms with Crippen LogP contribution in [0.25, 0.3) is 0 Å². The molecular weight excluding hydrogens is 334 g/mol. The van der Waals surface area contributed by atoms with Crippen LogP contribution in [0.4, 0.5) is 5.69 Å². The zero-order valence-electron chi connectivity index (χ0n) is 14.0. The molecule has 3 atom stereocenters. The largest absolute Gasteiger partial charge is 0.368 e. The molecule has 1 unspecified atom stereocenters. The molecule has 5 heteroatoms. The Morgan fingerprint density at radius 3 is 2.72 bits per heavy atom. The summed E-state index contributed by atoms with van der Waals surface area (Å²) in [4.78, 5) is 14.8. The highest BCUT2D eigenvalue weighted by atomic mass is 35.5. The Hall–Kier alpha value is -2.04. The Morgan fingerprint density at radius 1 is 1.24 bits per heavy atom. The third-order valence-electron chi connectivity index (χ3n) is 5.91. The van der Waals surface area contributed by atoms with Gasteiger partial charge in [0.25, 0.3) is 0 Å². The van der Waals surface area contributed by atoms with Gasteiger partial charge in [-0.2, -0.15) is 0 Å². The number of carbonyl (C=O) groups is 1. The summed E-state index contributed by atoms with van der Waals surface area (Å²) in [7, 11) is 0. The van der Waals surface area contributed by atoms with Gasteiger partial charge >= 0.3 is 0 Å². The number of nitrogens with two attached hydrogens (primary N) is 2. The Labute approximate surface area is 152 Å². The molecule has 0 aromatic heterocycles. The molecule has 25 heavy (non-hydrogen) atoms. The second-order valence-electron chi connectivity index (χ2n) is 7.04. The number of rotatable bonds is 4. The van der Waals surface area contributed by atoms with Crippen molar-refractivity contribution in [3.8, 4) is 0 Å². The molecule has 2 aromatic rings. The predicted octanol–water partition coefficient (Wildman–Crippen LogP) is 3.04. The first-order valence-corrected chi connectivity index (χ1v) is 9.08. The molecule has 0 bridgehead atoms. The van der Waals surface area contributed by atoms with Gasteiger partial charge in [0, 0.05) is 29.2 Å². The first-order valence-electron chi connectivity index (χ1n) is 8.70. The van der Waals surface area contributed by atoms with E-state index in [1.165, 1.54) is 5.56 Å². The molecular formula is C20H22ClN3O. The van der Waals surface area contributed by atoms with Crippen molar-refractivity contribution in [2.24, 2.45) is 17.4 Å². The standard InChI is InChI=1S/C20H22ClN3O/c21-15-6-3-5-14(12-15)18(22)16-8-10-20(16,19(23)25)24-11-9-13-4-1-2-7-17(13)24/h1-7,12,16,18H,8-11,22H2,(H2,23,25)/t16-,18?,20+/m1/s1. The molecule has 1 heterocycles. The van der Waals surface area contributed by atoms with E-state index in [1.54, 1.807) is 0 Å². The summed E-state index contributed by atoms with van der Waals surface area (Å²) in [6.07, 6.45) is 2.56. The number of para-hydroxylation sites is 1. The van der Waals surface area contributed by atoms with Crippen LogP contribution >= 0.6 is 11.6 Å². The fraction of sp³-hybridized carbons (Fsp3) is 0.350. The number of anilines is 1. The summed E-state index contributed by atoms with van der Waals surface area (Å²) >= 11 is 6.12. The Kier molecular flexibility index (Phi) is 3.97. The molecule has 2 aromatic carbocycles. The van der Waals surface area contributed by atoms with E-state index >= 15 is 0 Å². The molecule has 4 rings (SSSR count). The number of fused-ring (bicyclic) bond motifs is 1. The molecule has 1 amide bonds. The fourth-order valence-corrected chi connectivity index (χ4v) is 4.73. The topological polar surface area (TPSA) is 72.4 Å². The van der Waals surface area contributed by atoms with Crippen LogP contribution in [0.5, 0.6) is 0 Å². The minimum absolute atomic E-state index is 0.0189. The first kappa shape index (κ1) is 16.4. The van der Waals surface area contributed by atoms with Crippen LogP contribution in [0.2, 0.25) is 5.02 Å². The maximum Gasteiger partial charge on any atom is 0.243 e. The van der Waals surface area contributed by atoms with Gasteiger partial charge in [-0.1, -0.05) is 41.9 Å². The SMILES string of the molecule is NC(=O)[C@]1(N2CCc3ccccc32)CC[C@@H]1C(N)c1cccc(Cl)c1. The zero-order chi connectivity index (χ0) is 17.6. The number of carbonyl (C=O) groups excluding carboxylic acids is 1. The summed E-state index contributed by atoms with van der Waals surface area (Å²) in [6.45, 7) is 0.807. The highest BCUT2D eigenvalue weighted by molar-refractivity contribution is 6.30. The number of hydrogen-bond acceptors (Lipinski definition) is 3. The smallest absolute Gasteiger partial charge is 0.243 e. The average Bonchev–Trinajstić information content (AvgIpc) is 2.98. The number of benzene rings is 2. The van der Waals surface area contributed by atoms with Gasteiger partial charge in [0.1, 0.15) is 5.54 Å². The van der Waals surface area contributed by atoms with E-state index in [-0.39, 0.29) is 17.9 Å². The molecule has 4 nitrogen and oxygen atoms in total. The second kappa shape index (κ2) is 6.04. The Balaban J connectivity index is 1.72. The van der Waals surface area contributed by atoms with Gasteiger partial charge in [-0.3, -0.25) is 4.79 Å². The van der Waals surface area contributed by atoms with Crippen molar-refractivity contribution in [3.05, 3.63) is 64.7 Å². The maximum absolute atomic E-state index is 12.6. The van der Waals surface area contributed by atoms with Gasteiger partial charge < -0.3 is 16.4 Å². The van der Waals surface area contributed by atoms with Crippen molar-refractivity contribution in [2.45, 2.75) is 30.8 Å². The van der Waals surface area contributed by atoms with Crippen LogP contribution in [0.15, 0.2) is 48.5 Å². The lowest BCUT2D eigenvalue weighted by Gasteiger charge is -2.55. The molecule has 4 N–H and O–H groups in total. The van der Waals surface area contributed by atoms with Gasteiger partial charge in [0.05, 0.1) is 0 Å². The van der Waals surface area contributed by atoms with Crippen LogP contribution in [0.3, 0.4) is 0 Å². The number of nitrogens with zero attached hydrogens (tertiary/aromatic N) is 1. The molecule has 1 saturated carbocycles. The summed E-state index contributed by atoms with van der Waals surface area (Å²) in [5, 5.41) is 0.656. The molecule has 0 radical (unpaired) electrons. The summed E-state index contributed by atoms with van der Waals surface area (Å²) in [5.74, 6) is -0.299. The Morgan fingerprint density at radius 2 is 2.04 bits per heavy atom.